The van der Waals surface area contributed by atoms with E-state index in [1.807, 2.05) is 55.5 Å². The largest absolute Gasteiger partial charge is 0.508 e. The first-order valence-corrected chi connectivity index (χ1v) is 8.26. The molecule has 3 nitrogen and oxygen atoms in total. The molecule has 0 bridgehead atoms. The van der Waals surface area contributed by atoms with E-state index < -0.39 is 0 Å². The number of hydrogen-bond donors (Lipinski definition) is 2. The van der Waals surface area contributed by atoms with E-state index in [9.17, 15) is 10.2 Å². The zero-order valence-corrected chi connectivity index (χ0v) is 14.7. The number of phenolic OH excluding ortho intramolecular Hbond substituents is 2. The number of aromatic hydroxyl groups is 2. The van der Waals surface area contributed by atoms with Crippen LogP contribution in [0.1, 0.15) is 29.5 Å². The molecule has 128 valence electrons. The van der Waals surface area contributed by atoms with Crippen molar-refractivity contribution in [2.75, 3.05) is 7.11 Å². The minimum Gasteiger partial charge on any atom is -0.508 e. The minimum atomic E-state index is 0.0432. The van der Waals surface area contributed by atoms with Gasteiger partial charge in [-0.05, 0) is 65.6 Å². The molecule has 25 heavy (non-hydrogen) atoms. The molecule has 0 aliphatic rings. The normalized spacial score (nSPS) is 12.0. The van der Waals surface area contributed by atoms with Crippen LogP contribution >= 0.6 is 0 Å². The first kappa shape index (κ1) is 16.9. The monoisotopic (exact) mass is 334 g/mol. The fraction of sp³-hybridized carbons (Fsp3) is 0.182. The lowest BCUT2D eigenvalue weighted by Gasteiger charge is -2.18. The van der Waals surface area contributed by atoms with Crippen molar-refractivity contribution in [1.29, 1.82) is 0 Å². The van der Waals surface area contributed by atoms with E-state index in [1.54, 1.807) is 19.2 Å². The van der Waals surface area contributed by atoms with Crippen LogP contribution in [0.15, 0.2) is 60.7 Å². The zero-order chi connectivity index (χ0) is 18.0. The topological polar surface area (TPSA) is 49.7 Å². The molecule has 0 radical (unpaired) electrons. The highest BCUT2D eigenvalue weighted by atomic mass is 16.5. The number of hydrogen-bond acceptors (Lipinski definition) is 3. The predicted molar refractivity (Wildman–Crippen MR) is 100 cm³/mol. The number of methoxy groups -OCH3 is 1. The standard InChI is InChI=1S/C22H22O3/c1-14-12-18(17-4-8-19(23)9-5-17)13-21(22(14)24)15(2)16-6-10-20(25-3)11-7-16/h4-13,15,23-24H,1-3H3. The Morgan fingerprint density at radius 2 is 1.48 bits per heavy atom. The second-order valence-corrected chi connectivity index (χ2v) is 6.27. The summed E-state index contributed by atoms with van der Waals surface area (Å²) < 4.78 is 5.21. The molecule has 0 heterocycles. The van der Waals surface area contributed by atoms with E-state index in [0.29, 0.717) is 5.75 Å². The summed E-state index contributed by atoms with van der Waals surface area (Å²) in [4.78, 5) is 0. The van der Waals surface area contributed by atoms with Crippen LogP contribution in [0.25, 0.3) is 11.1 Å². The van der Waals surface area contributed by atoms with Gasteiger partial charge in [0.05, 0.1) is 7.11 Å². The van der Waals surface area contributed by atoms with Gasteiger partial charge < -0.3 is 14.9 Å². The van der Waals surface area contributed by atoms with Crippen LogP contribution in [0.3, 0.4) is 0 Å². The lowest BCUT2D eigenvalue weighted by molar-refractivity contribution is 0.414. The Bertz CT molecular complexity index is 865. The van der Waals surface area contributed by atoms with Crippen LogP contribution in [-0.4, -0.2) is 17.3 Å². The molecule has 3 rings (SSSR count). The summed E-state index contributed by atoms with van der Waals surface area (Å²) in [5.41, 5.74) is 4.85. The Labute approximate surface area is 148 Å². The maximum atomic E-state index is 10.6. The molecule has 2 N–H and O–H groups in total. The first-order chi connectivity index (χ1) is 12.0. The van der Waals surface area contributed by atoms with Gasteiger partial charge in [-0.1, -0.05) is 31.2 Å². The summed E-state index contributed by atoms with van der Waals surface area (Å²) >= 11 is 0. The molecule has 0 aliphatic heterocycles. The molecule has 0 amide bonds. The summed E-state index contributed by atoms with van der Waals surface area (Å²) in [5, 5.41) is 20.1. The van der Waals surface area contributed by atoms with Gasteiger partial charge in [0.15, 0.2) is 0 Å². The Kier molecular flexibility index (Phi) is 4.66. The fourth-order valence-corrected chi connectivity index (χ4v) is 3.03. The smallest absolute Gasteiger partial charge is 0.122 e. The van der Waals surface area contributed by atoms with Crippen LogP contribution in [0, 0.1) is 6.92 Å². The van der Waals surface area contributed by atoms with Crippen molar-refractivity contribution in [2.45, 2.75) is 19.8 Å². The summed E-state index contributed by atoms with van der Waals surface area (Å²) in [6.45, 7) is 3.99. The third-order valence-corrected chi connectivity index (χ3v) is 4.61. The highest BCUT2D eigenvalue weighted by Crippen LogP contribution is 2.37. The van der Waals surface area contributed by atoms with E-state index in [-0.39, 0.29) is 11.7 Å². The molecule has 0 fully saturated rings. The highest BCUT2D eigenvalue weighted by molar-refractivity contribution is 5.68. The van der Waals surface area contributed by atoms with Gasteiger partial charge >= 0.3 is 0 Å². The highest BCUT2D eigenvalue weighted by Gasteiger charge is 2.16. The molecule has 0 spiro atoms. The van der Waals surface area contributed by atoms with Crippen molar-refractivity contribution in [3.05, 3.63) is 77.4 Å². The van der Waals surface area contributed by atoms with Crippen LogP contribution in [0.4, 0.5) is 0 Å². The zero-order valence-electron chi connectivity index (χ0n) is 14.7. The molecule has 1 unspecified atom stereocenters. The molecule has 0 aromatic heterocycles. The number of phenols is 2. The second kappa shape index (κ2) is 6.89. The van der Waals surface area contributed by atoms with Gasteiger partial charge in [0.1, 0.15) is 17.2 Å². The lowest BCUT2D eigenvalue weighted by atomic mass is 9.88. The third kappa shape index (κ3) is 3.45. The van der Waals surface area contributed by atoms with Gasteiger partial charge in [0.25, 0.3) is 0 Å². The maximum absolute atomic E-state index is 10.6. The molecule has 1 atom stereocenters. The van der Waals surface area contributed by atoms with Gasteiger partial charge in [0, 0.05) is 11.5 Å². The van der Waals surface area contributed by atoms with E-state index in [0.717, 1.165) is 33.6 Å². The molecule has 0 saturated carbocycles. The third-order valence-electron chi connectivity index (χ3n) is 4.61. The van der Waals surface area contributed by atoms with Gasteiger partial charge in [-0.15, -0.1) is 0 Å². The van der Waals surface area contributed by atoms with Gasteiger partial charge in [0.2, 0.25) is 0 Å². The lowest BCUT2D eigenvalue weighted by Crippen LogP contribution is -1.99. The minimum absolute atomic E-state index is 0.0432. The van der Waals surface area contributed by atoms with Crippen LogP contribution in [-0.2, 0) is 0 Å². The second-order valence-electron chi connectivity index (χ2n) is 6.27. The fourth-order valence-electron chi connectivity index (χ4n) is 3.03. The van der Waals surface area contributed by atoms with Crippen molar-refractivity contribution in [2.24, 2.45) is 0 Å². The Morgan fingerprint density at radius 3 is 2.08 bits per heavy atom. The van der Waals surface area contributed by atoms with E-state index >= 15 is 0 Å². The SMILES string of the molecule is COc1ccc(C(C)c2cc(-c3ccc(O)cc3)cc(C)c2O)cc1. The predicted octanol–water partition coefficient (Wildman–Crippen LogP) is 5.23. The Hall–Kier alpha value is -2.94. The van der Waals surface area contributed by atoms with Gasteiger partial charge in [-0.3, -0.25) is 0 Å². The molecule has 0 aliphatic carbocycles. The number of benzene rings is 3. The average molecular weight is 334 g/mol. The molecular formula is C22H22O3. The van der Waals surface area contributed by atoms with Crippen molar-refractivity contribution >= 4 is 0 Å². The molecule has 0 saturated heterocycles. The van der Waals surface area contributed by atoms with Crippen molar-refractivity contribution in [1.82, 2.24) is 0 Å². The van der Waals surface area contributed by atoms with Crippen molar-refractivity contribution in [3.8, 4) is 28.4 Å². The number of aryl methyl sites for hydroxylation is 1. The Balaban J connectivity index is 2.03. The summed E-state index contributed by atoms with van der Waals surface area (Å²) in [6.07, 6.45) is 0. The molecular weight excluding hydrogens is 312 g/mol. The number of rotatable bonds is 4. The van der Waals surface area contributed by atoms with Crippen molar-refractivity contribution < 1.29 is 14.9 Å². The maximum Gasteiger partial charge on any atom is 0.122 e. The van der Waals surface area contributed by atoms with Gasteiger partial charge in [-0.25, -0.2) is 0 Å². The Morgan fingerprint density at radius 1 is 0.840 bits per heavy atom. The van der Waals surface area contributed by atoms with Crippen LogP contribution < -0.4 is 4.74 Å². The van der Waals surface area contributed by atoms with Crippen LogP contribution in [0.2, 0.25) is 0 Å². The first-order valence-electron chi connectivity index (χ1n) is 8.26. The number of ether oxygens (including phenoxy) is 1. The van der Waals surface area contributed by atoms with E-state index in [1.165, 1.54) is 0 Å². The molecule has 3 heteroatoms. The van der Waals surface area contributed by atoms with Crippen molar-refractivity contribution in [3.63, 3.8) is 0 Å². The van der Waals surface area contributed by atoms with E-state index in [2.05, 4.69) is 6.92 Å². The summed E-state index contributed by atoms with van der Waals surface area (Å²) in [6, 6.07) is 19.0. The van der Waals surface area contributed by atoms with Crippen LogP contribution in [0.5, 0.6) is 17.2 Å². The van der Waals surface area contributed by atoms with E-state index in [4.69, 9.17) is 4.74 Å². The summed E-state index contributed by atoms with van der Waals surface area (Å²) in [7, 11) is 1.65. The molecule has 3 aromatic rings. The quantitative estimate of drug-likeness (QED) is 0.686. The molecule has 3 aromatic carbocycles. The van der Waals surface area contributed by atoms with Gasteiger partial charge in [-0.2, -0.15) is 0 Å². The average Bonchev–Trinajstić information content (AvgIpc) is 2.64. The summed E-state index contributed by atoms with van der Waals surface area (Å²) in [5.74, 6) is 1.42.